The summed E-state index contributed by atoms with van der Waals surface area (Å²) in [6.45, 7) is 0.173. The molecule has 0 atom stereocenters. The molecule has 72 valence electrons. The van der Waals surface area contributed by atoms with Crippen LogP contribution in [0.2, 0.25) is 5.15 Å². The molecule has 0 aromatic carbocycles. The quantitative estimate of drug-likeness (QED) is 0.786. The van der Waals surface area contributed by atoms with Crippen molar-refractivity contribution in [1.29, 1.82) is 0 Å². The van der Waals surface area contributed by atoms with Gasteiger partial charge in [0, 0.05) is 12.5 Å². The van der Waals surface area contributed by atoms with E-state index in [1.54, 1.807) is 6.33 Å². The highest BCUT2D eigenvalue weighted by atomic mass is 35.5. The SMILES string of the molecule is Cn1cnc(Cl)c1C1(CO)CCC1. The zero-order chi connectivity index (χ0) is 9.47. The number of nitrogens with zero attached hydrogens (tertiary/aromatic N) is 2. The first-order valence-electron chi connectivity index (χ1n) is 4.48. The molecule has 1 saturated carbocycles. The third-order valence-electron chi connectivity index (χ3n) is 3.01. The smallest absolute Gasteiger partial charge is 0.150 e. The summed E-state index contributed by atoms with van der Waals surface area (Å²) in [6, 6.07) is 0. The number of rotatable bonds is 2. The highest BCUT2D eigenvalue weighted by molar-refractivity contribution is 6.30. The number of aliphatic hydroxyl groups is 1. The molecule has 1 aromatic heterocycles. The Morgan fingerprint density at radius 2 is 2.38 bits per heavy atom. The Morgan fingerprint density at radius 1 is 1.69 bits per heavy atom. The number of aryl methyl sites for hydroxylation is 1. The molecule has 0 aliphatic heterocycles. The summed E-state index contributed by atoms with van der Waals surface area (Å²) in [6.07, 6.45) is 4.90. The van der Waals surface area contributed by atoms with E-state index in [9.17, 15) is 5.11 Å². The van der Waals surface area contributed by atoms with Gasteiger partial charge in [0.1, 0.15) is 0 Å². The molecule has 13 heavy (non-hydrogen) atoms. The summed E-state index contributed by atoms with van der Waals surface area (Å²) in [4.78, 5) is 4.03. The molecular formula is C9H13ClN2O. The standard InChI is InChI=1S/C9H13ClN2O/c1-12-6-11-8(10)7(12)9(5-13)3-2-4-9/h6,13H,2-5H2,1H3. The van der Waals surface area contributed by atoms with Gasteiger partial charge in [-0.05, 0) is 12.8 Å². The minimum absolute atomic E-state index is 0.109. The summed E-state index contributed by atoms with van der Waals surface area (Å²) in [5.74, 6) is 0. The van der Waals surface area contributed by atoms with E-state index in [2.05, 4.69) is 4.98 Å². The third kappa shape index (κ3) is 1.18. The molecule has 2 rings (SSSR count). The van der Waals surface area contributed by atoms with E-state index in [1.807, 2.05) is 11.6 Å². The van der Waals surface area contributed by atoms with Crippen LogP contribution in [0.3, 0.4) is 0 Å². The van der Waals surface area contributed by atoms with Crippen molar-refractivity contribution in [3.8, 4) is 0 Å². The number of aromatic nitrogens is 2. The van der Waals surface area contributed by atoms with E-state index >= 15 is 0 Å². The normalized spacial score (nSPS) is 19.9. The van der Waals surface area contributed by atoms with Gasteiger partial charge in [-0.1, -0.05) is 18.0 Å². The highest BCUT2D eigenvalue weighted by Gasteiger charge is 2.41. The van der Waals surface area contributed by atoms with Crippen molar-refractivity contribution in [2.75, 3.05) is 6.61 Å². The van der Waals surface area contributed by atoms with Crippen molar-refractivity contribution in [1.82, 2.24) is 9.55 Å². The second-order valence-electron chi connectivity index (χ2n) is 3.79. The Balaban J connectivity index is 2.43. The van der Waals surface area contributed by atoms with E-state index in [0.717, 1.165) is 18.5 Å². The molecule has 4 heteroatoms. The lowest BCUT2D eigenvalue weighted by molar-refractivity contribution is 0.113. The number of hydrogen-bond acceptors (Lipinski definition) is 2. The molecule has 0 bridgehead atoms. The summed E-state index contributed by atoms with van der Waals surface area (Å²) in [5, 5.41) is 9.90. The van der Waals surface area contributed by atoms with Gasteiger partial charge in [0.05, 0.1) is 18.6 Å². The van der Waals surface area contributed by atoms with Crippen molar-refractivity contribution in [2.24, 2.45) is 7.05 Å². The van der Waals surface area contributed by atoms with Gasteiger partial charge in [-0.2, -0.15) is 0 Å². The van der Waals surface area contributed by atoms with Crippen LogP contribution in [0.25, 0.3) is 0 Å². The predicted octanol–water partition coefficient (Wildman–Crippen LogP) is 1.49. The van der Waals surface area contributed by atoms with Crippen LogP contribution in [0.4, 0.5) is 0 Å². The predicted molar refractivity (Wildman–Crippen MR) is 50.8 cm³/mol. The van der Waals surface area contributed by atoms with Crippen LogP contribution in [0.5, 0.6) is 0 Å². The van der Waals surface area contributed by atoms with Crippen molar-refractivity contribution in [3.63, 3.8) is 0 Å². The molecule has 1 heterocycles. The number of imidazole rings is 1. The van der Waals surface area contributed by atoms with Gasteiger partial charge < -0.3 is 9.67 Å². The fourth-order valence-electron chi connectivity index (χ4n) is 2.07. The van der Waals surface area contributed by atoms with E-state index in [0.29, 0.717) is 5.15 Å². The summed E-state index contributed by atoms with van der Waals surface area (Å²) >= 11 is 5.98. The lowest BCUT2D eigenvalue weighted by Crippen LogP contribution is -2.39. The number of aliphatic hydroxyl groups excluding tert-OH is 1. The van der Waals surface area contributed by atoms with Crippen molar-refractivity contribution in [2.45, 2.75) is 24.7 Å². The zero-order valence-electron chi connectivity index (χ0n) is 7.63. The highest BCUT2D eigenvalue weighted by Crippen LogP contribution is 2.45. The molecule has 1 aliphatic carbocycles. The molecule has 0 amide bonds. The van der Waals surface area contributed by atoms with Gasteiger partial charge in [-0.3, -0.25) is 0 Å². The number of halogens is 1. The van der Waals surface area contributed by atoms with Crippen LogP contribution in [-0.4, -0.2) is 21.3 Å². The molecule has 0 radical (unpaired) electrons. The molecule has 1 fully saturated rings. The monoisotopic (exact) mass is 200 g/mol. The first-order chi connectivity index (χ1) is 6.19. The van der Waals surface area contributed by atoms with Gasteiger partial charge in [0.2, 0.25) is 0 Å². The maximum absolute atomic E-state index is 9.36. The maximum atomic E-state index is 9.36. The van der Waals surface area contributed by atoms with Crippen LogP contribution in [0.15, 0.2) is 6.33 Å². The molecule has 0 saturated heterocycles. The molecule has 1 N–H and O–H groups in total. The molecule has 0 unspecified atom stereocenters. The van der Waals surface area contributed by atoms with E-state index in [-0.39, 0.29) is 12.0 Å². The first-order valence-corrected chi connectivity index (χ1v) is 4.85. The Bertz CT molecular complexity index is 292. The zero-order valence-corrected chi connectivity index (χ0v) is 8.38. The molecular weight excluding hydrogens is 188 g/mol. The van der Waals surface area contributed by atoms with Crippen molar-refractivity contribution in [3.05, 3.63) is 17.2 Å². The van der Waals surface area contributed by atoms with Crippen molar-refractivity contribution < 1.29 is 5.11 Å². The van der Waals surface area contributed by atoms with Crippen LogP contribution >= 0.6 is 11.6 Å². The van der Waals surface area contributed by atoms with E-state index in [4.69, 9.17) is 11.6 Å². The third-order valence-corrected chi connectivity index (χ3v) is 3.28. The second kappa shape index (κ2) is 3.00. The van der Waals surface area contributed by atoms with Crippen LogP contribution in [-0.2, 0) is 12.5 Å². The fraction of sp³-hybridized carbons (Fsp3) is 0.667. The van der Waals surface area contributed by atoms with Gasteiger partial charge in [-0.15, -0.1) is 0 Å². The van der Waals surface area contributed by atoms with Crippen molar-refractivity contribution >= 4 is 11.6 Å². The fourth-order valence-corrected chi connectivity index (χ4v) is 2.45. The largest absolute Gasteiger partial charge is 0.395 e. The van der Waals surface area contributed by atoms with Gasteiger partial charge >= 0.3 is 0 Å². The Morgan fingerprint density at radius 3 is 2.69 bits per heavy atom. The van der Waals surface area contributed by atoms with Gasteiger partial charge in [-0.25, -0.2) is 4.98 Å². The minimum Gasteiger partial charge on any atom is -0.395 e. The average molecular weight is 201 g/mol. The first kappa shape index (κ1) is 9.03. The van der Waals surface area contributed by atoms with Crippen LogP contribution < -0.4 is 0 Å². The summed E-state index contributed by atoms with van der Waals surface area (Å²) in [7, 11) is 1.92. The van der Waals surface area contributed by atoms with E-state index in [1.165, 1.54) is 6.42 Å². The topological polar surface area (TPSA) is 38.0 Å². The Kier molecular flexibility index (Phi) is 2.08. The van der Waals surface area contributed by atoms with Crippen LogP contribution in [0, 0.1) is 0 Å². The van der Waals surface area contributed by atoms with Crippen LogP contribution in [0.1, 0.15) is 25.0 Å². The Hall–Kier alpha value is -0.540. The Labute approximate surface area is 82.4 Å². The summed E-state index contributed by atoms with van der Waals surface area (Å²) in [5.41, 5.74) is 0.880. The number of hydrogen-bond donors (Lipinski definition) is 1. The minimum atomic E-state index is -0.109. The van der Waals surface area contributed by atoms with Gasteiger partial charge in [0.25, 0.3) is 0 Å². The molecule has 1 aromatic rings. The lowest BCUT2D eigenvalue weighted by Gasteiger charge is -2.40. The molecule has 0 spiro atoms. The molecule has 3 nitrogen and oxygen atoms in total. The summed E-state index contributed by atoms with van der Waals surface area (Å²) < 4.78 is 1.91. The van der Waals surface area contributed by atoms with Gasteiger partial charge in [0.15, 0.2) is 5.15 Å². The van der Waals surface area contributed by atoms with E-state index < -0.39 is 0 Å². The maximum Gasteiger partial charge on any atom is 0.150 e. The second-order valence-corrected chi connectivity index (χ2v) is 4.14. The average Bonchev–Trinajstić information content (AvgIpc) is 2.35. The lowest BCUT2D eigenvalue weighted by atomic mass is 9.67. The molecule has 1 aliphatic rings.